The van der Waals surface area contributed by atoms with E-state index in [1.807, 2.05) is 0 Å². The highest BCUT2D eigenvalue weighted by molar-refractivity contribution is 5.76. The van der Waals surface area contributed by atoms with Gasteiger partial charge in [-0.25, -0.2) is 0 Å². The van der Waals surface area contributed by atoms with E-state index in [1.165, 1.54) is 44.2 Å². The molecule has 3 nitrogen and oxygen atoms in total. The molecule has 0 unspecified atom stereocenters. The van der Waals surface area contributed by atoms with Gasteiger partial charge in [-0.2, -0.15) is 0 Å². The molecule has 0 radical (unpaired) electrons. The summed E-state index contributed by atoms with van der Waals surface area (Å²) >= 11 is 0. The topological polar surface area (TPSA) is 33.3 Å². The van der Waals surface area contributed by atoms with Crippen molar-refractivity contribution >= 4 is 11.4 Å². The van der Waals surface area contributed by atoms with Gasteiger partial charge in [0, 0.05) is 18.5 Å². The molecule has 116 valence electrons. The summed E-state index contributed by atoms with van der Waals surface area (Å²) in [6.07, 6.45) is 8.41. The first-order valence-corrected chi connectivity index (χ1v) is 8.46. The largest absolute Gasteiger partial charge is 0.489 e. The van der Waals surface area contributed by atoms with Crippen LogP contribution in [0, 0.1) is 5.41 Å². The van der Waals surface area contributed by atoms with Crippen LogP contribution in [-0.4, -0.2) is 19.2 Å². The first-order valence-electron chi connectivity index (χ1n) is 8.46. The van der Waals surface area contributed by atoms with Crippen LogP contribution in [0.5, 0.6) is 5.75 Å². The SMILES string of the molecule is CC(C)Oc1cccc2c1NCC1(CCCCCC1)CN2. The van der Waals surface area contributed by atoms with Crippen LogP contribution in [0.3, 0.4) is 0 Å². The molecule has 21 heavy (non-hydrogen) atoms. The minimum atomic E-state index is 0.202. The van der Waals surface area contributed by atoms with Gasteiger partial charge in [0.15, 0.2) is 0 Å². The number of nitrogens with one attached hydrogen (secondary N) is 2. The molecule has 1 spiro atoms. The maximum atomic E-state index is 5.97. The van der Waals surface area contributed by atoms with Crippen molar-refractivity contribution in [3.63, 3.8) is 0 Å². The zero-order chi connectivity index (χ0) is 14.7. The van der Waals surface area contributed by atoms with Gasteiger partial charge in [0.2, 0.25) is 0 Å². The number of ether oxygens (including phenoxy) is 1. The quantitative estimate of drug-likeness (QED) is 0.831. The van der Waals surface area contributed by atoms with Crippen LogP contribution < -0.4 is 15.4 Å². The Kier molecular flexibility index (Phi) is 4.27. The molecule has 0 aromatic heterocycles. The second-order valence-corrected chi connectivity index (χ2v) is 6.97. The lowest BCUT2D eigenvalue weighted by Crippen LogP contribution is -2.34. The molecule has 0 atom stereocenters. The molecule has 0 amide bonds. The molecule has 3 rings (SSSR count). The van der Waals surface area contributed by atoms with Gasteiger partial charge in [0.25, 0.3) is 0 Å². The number of para-hydroxylation sites is 1. The molecular weight excluding hydrogens is 260 g/mol. The van der Waals surface area contributed by atoms with Crippen LogP contribution in [0.1, 0.15) is 52.4 Å². The van der Waals surface area contributed by atoms with Gasteiger partial charge in [0.1, 0.15) is 11.4 Å². The van der Waals surface area contributed by atoms with Gasteiger partial charge in [-0.15, -0.1) is 0 Å². The van der Waals surface area contributed by atoms with E-state index in [2.05, 4.69) is 42.7 Å². The molecule has 2 N–H and O–H groups in total. The smallest absolute Gasteiger partial charge is 0.144 e. The van der Waals surface area contributed by atoms with Crippen LogP contribution in [0.2, 0.25) is 0 Å². The molecular formula is C18H28N2O. The minimum Gasteiger partial charge on any atom is -0.489 e. The summed E-state index contributed by atoms with van der Waals surface area (Å²) in [5.41, 5.74) is 2.74. The van der Waals surface area contributed by atoms with Gasteiger partial charge in [-0.1, -0.05) is 31.7 Å². The Balaban J connectivity index is 1.81. The van der Waals surface area contributed by atoms with Crippen LogP contribution in [0.15, 0.2) is 18.2 Å². The lowest BCUT2D eigenvalue weighted by molar-refractivity contribution is 0.243. The molecule has 1 aliphatic heterocycles. The first-order chi connectivity index (χ1) is 10.2. The second kappa shape index (κ2) is 6.17. The van der Waals surface area contributed by atoms with Crippen molar-refractivity contribution in [1.82, 2.24) is 0 Å². The Hall–Kier alpha value is -1.38. The van der Waals surface area contributed by atoms with E-state index in [9.17, 15) is 0 Å². The molecule has 1 heterocycles. The normalized spacial score (nSPS) is 20.9. The third-order valence-electron chi connectivity index (χ3n) is 4.85. The van der Waals surface area contributed by atoms with Gasteiger partial charge in [-0.3, -0.25) is 0 Å². The summed E-state index contributed by atoms with van der Waals surface area (Å²) in [6.45, 7) is 6.30. The highest BCUT2D eigenvalue weighted by atomic mass is 16.5. The van der Waals surface area contributed by atoms with E-state index in [4.69, 9.17) is 4.74 Å². The summed E-state index contributed by atoms with van der Waals surface area (Å²) < 4.78 is 5.97. The van der Waals surface area contributed by atoms with Crippen molar-refractivity contribution in [2.24, 2.45) is 5.41 Å². The highest BCUT2D eigenvalue weighted by Gasteiger charge is 2.33. The van der Waals surface area contributed by atoms with E-state index in [-0.39, 0.29) is 6.10 Å². The Morgan fingerprint density at radius 1 is 1.00 bits per heavy atom. The Labute approximate surface area is 128 Å². The van der Waals surface area contributed by atoms with E-state index < -0.39 is 0 Å². The molecule has 2 aliphatic rings. The lowest BCUT2D eigenvalue weighted by Gasteiger charge is -2.31. The number of hydrogen-bond donors (Lipinski definition) is 2. The van der Waals surface area contributed by atoms with Crippen molar-refractivity contribution in [2.45, 2.75) is 58.5 Å². The Bertz CT molecular complexity index is 476. The monoisotopic (exact) mass is 288 g/mol. The second-order valence-electron chi connectivity index (χ2n) is 6.97. The summed E-state index contributed by atoms with van der Waals surface area (Å²) in [5.74, 6) is 0.973. The van der Waals surface area contributed by atoms with Crippen molar-refractivity contribution in [3.05, 3.63) is 18.2 Å². The molecule has 1 aliphatic carbocycles. The zero-order valence-corrected chi connectivity index (χ0v) is 13.4. The molecule has 0 bridgehead atoms. The predicted octanol–water partition coefficient (Wildman–Crippen LogP) is 4.65. The van der Waals surface area contributed by atoms with Crippen molar-refractivity contribution in [2.75, 3.05) is 23.7 Å². The predicted molar refractivity (Wildman–Crippen MR) is 89.3 cm³/mol. The minimum absolute atomic E-state index is 0.202. The molecule has 1 aromatic carbocycles. The van der Waals surface area contributed by atoms with Gasteiger partial charge in [0.05, 0.1) is 11.8 Å². The number of anilines is 2. The van der Waals surface area contributed by atoms with Crippen LogP contribution in [0.4, 0.5) is 11.4 Å². The Morgan fingerprint density at radius 3 is 2.43 bits per heavy atom. The van der Waals surface area contributed by atoms with Crippen molar-refractivity contribution in [3.8, 4) is 5.75 Å². The molecule has 3 heteroatoms. The number of fused-ring (bicyclic) bond motifs is 1. The van der Waals surface area contributed by atoms with Gasteiger partial charge in [-0.05, 0) is 38.8 Å². The summed E-state index contributed by atoms with van der Waals surface area (Å²) in [4.78, 5) is 0. The summed E-state index contributed by atoms with van der Waals surface area (Å²) in [6, 6.07) is 6.31. The molecule has 0 saturated heterocycles. The van der Waals surface area contributed by atoms with E-state index in [0.29, 0.717) is 5.41 Å². The molecule has 1 saturated carbocycles. The zero-order valence-electron chi connectivity index (χ0n) is 13.4. The third-order valence-corrected chi connectivity index (χ3v) is 4.85. The molecule has 1 aromatic rings. The maximum Gasteiger partial charge on any atom is 0.144 e. The van der Waals surface area contributed by atoms with E-state index in [1.54, 1.807) is 0 Å². The van der Waals surface area contributed by atoms with Gasteiger partial charge < -0.3 is 15.4 Å². The first kappa shape index (κ1) is 14.6. The third kappa shape index (κ3) is 3.28. The number of rotatable bonds is 2. The highest BCUT2D eigenvalue weighted by Crippen LogP contribution is 2.41. The standard InChI is InChI=1S/C18H28N2O/c1-14(2)21-16-9-7-8-15-17(16)20-13-18(12-19-15)10-5-3-4-6-11-18/h7-9,14,19-20H,3-6,10-13H2,1-2H3. The maximum absolute atomic E-state index is 5.97. The lowest BCUT2D eigenvalue weighted by atomic mass is 9.80. The average Bonchev–Trinajstić information content (AvgIpc) is 2.79. The average molecular weight is 288 g/mol. The number of hydrogen-bond acceptors (Lipinski definition) is 3. The van der Waals surface area contributed by atoms with Crippen LogP contribution in [-0.2, 0) is 0 Å². The number of benzene rings is 1. The fourth-order valence-corrected chi connectivity index (χ4v) is 3.67. The van der Waals surface area contributed by atoms with E-state index >= 15 is 0 Å². The van der Waals surface area contributed by atoms with Crippen LogP contribution in [0.25, 0.3) is 0 Å². The fraction of sp³-hybridized carbons (Fsp3) is 0.667. The van der Waals surface area contributed by atoms with Crippen molar-refractivity contribution < 1.29 is 4.74 Å². The fourth-order valence-electron chi connectivity index (χ4n) is 3.67. The van der Waals surface area contributed by atoms with Gasteiger partial charge >= 0.3 is 0 Å². The van der Waals surface area contributed by atoms with Crippen molar-refractivity contribution in [1.29, 1.82) is 0 Å². The summed E-state index contributed by atoms with van der Waals surface area (Å²) in [5, 5.41) is 7.38. The van der Waals surface area contributed by atoms with Crippen LogP contribution >= 0.6 is 0 Å². The van der Waals surface area contributed by atoms with E-state index in [0.717, 1.165) is 24.5 Å². The summed E-state index contributed by atoms with van der Waals surface area (Å²) in [7, 11) is 0. The molecule has 1 fully saturated rings. The Morgan fingerprint density at radius 2 is 1.71 bits per heavy atom.